The first-order valence-corrected chi connectivity index (χ1v) is 7.51. The second-order valence-electron chi connectivity index (χ2n) is 4.83. The molecule has 0 radical (unpaired) electrons. The Morgan fingerprint density at radius 2 is 1.47 bits per heavy atom. The van der Waals surface area contributed by atoms with Gasteiger partial charge < -0.3 is 9.80 Å². The average molecular weight is 264 g/mol. The molecule has 4 nitrogen and oxygen atoms in total. The number of nitrogens with zero attached hydrogens (tertiary/aromatic N) is 4. The highest BCUT2D eigenvalue weighted by atomic mass is 15.3. The molecule has 1 rings (SSSR count). The largest absolute Gasteiger partial charge is 0.357 e. The fraction of sp³-hybridized carbons (Fsp3) is 0.733. The van der Waals surface area contributed by atoms with Crippen LogP contribution in [0.25, 0.3) is 0 Å². The van der Waals surface area contributed by atoms with E-state index in [1.165, 1.54) is 0 Å². The predicted molar refractivity (Wildman–Crippen MR) is 83.1 cm³/mol. The van der Waals surface area contributed by atoms with Gasteiger partial charge >= 0.3 is 0 Å². The Morgan fingerprint density at radius 1 is 0.895 bits per heavy atom. The molecule has 0 aliphatic rings. The lowest BCUT2D eigenvalue weighted by Gasteiger charge is -2.25. The van der Waals surface area contributed by atoms with Gasteiger partial charge in [0.15, 0.2) is 0 Å². The molecule has 1 aromatic heterocycles. The third-order valence-corrected chi connectivity index (χ3v) is 3.19. The zero-order chi connectivity index (χ0) is 14.3. The van der Waals surface area contributed by atoms with Gasteiger partial charge in [-0.3, -0.25) is 0 Å². The van der Waals surface area contributed by atoms with Gasteiger partial charge in [0.1, 0.15) is 5.82 Å². The zero-order valence-electron chi connectivity index (χ0n) is 13.1. The third-order valence-electron chi connectivity index (χ3n) is 3.19. The molecule has 0 atom stereocenters. The van der Waals surface area contributed by atoms with Crippen molar-refractivity contribution >= 4 is 11.8 Å². The van der Waals surface area contributed by atoms with E-state index in [1.54, 1.807) is 0 Å². The quantitative estimate of drug-likeness (QED) is 0.721. The lowest BCUT2D eigenvalue weighted by molar-refractivity contribution is 0.715. The van der Waals surface area contributed by atoms with Crippen LogP contribution in [-0.4, -0.2) is 36.1 Å². The molecule has 0 amide bonds. The first-order chi connectivity index (χ1) is 9.15. The lowest BCUT2D eigenvalue weighted by Crippen LogP contribution is -2.29. The standard InChI is InChI=1S/C15H28N4/c1-6-10-19(11-7-2)15-16-13(5)12-14(17-15)18(8-3)9-4/h12H,6-11H2,1-5H3. The van der Waals surface area contributed by atoms with Gasteiger partial charge in [-0.05, 0) is 33.6 Å². The van der Waals surface area contributed by atoms with Crippen molar-refractivity contribution in [1.82, 2.24) is 9.97 Å². The lowest BCUT2D eigenvalue weighted by atomic mass is 10.3. The first-order valence-electron chi connectivity index (χ1n) is 7.51. The van der Waals surface area contributed by atoms with E-state index in [1.807, 2.05) is 6.92 Å². The number of hydrogen-bond donors (Lipinski definition) is 0. The molecule has 0 fully saturated rings. The summed E-state index contributed by atoms with van der Waals surface area (Å²) in [6, 6.07) is 2.08. The van der Waals surface area contributed by atoms with Crippen LogP contribution < -0.4 is 9.80 Å². The molecular weight excluding hydrogens is 236 g/mol. The summed E-state index contributed by atoms with van der Waals surface area (Å²) >= 11 is 0. The smallest absolute Gasteiger partial charge is 0.227 e. The number of aromatic nitrogens is 2. The van der Waals surface area contributed by atoms with Crippen LogP contribution >= 0.6 is 0 Å². The zero-order valence-corrected chi connectivity index (χ0v) is 13.1. The van der Waals surface area contributed by atoms with Crippen molar-refractivity contribution in [3.05, 3.63) is 11.8 Å². The highest BCUT2D eigenvalue weighted by Gasteiger charge is 2.12. The summed E-state index contributed by atoms with van der Waals surface area (Å²) in [5, 5.41) is 0. The van der Waals surface area contributed by atoms with E-state index in [2.05, 4.69) is 48.5 Å². The van der Waals surface area contributed by atoms with Gasteiger partial charge in [-0.2, -0.15) is 4.98 Å². The maximum absolute atomic E-state index is 4.75. The molecule has 4 heteroatoms. The van der Waals surface area contributed by atoms with Crippen LogP contribution in [0.2, 0.25) is 0 Å². The van der Waals surface area contributed by atoms with Gasteiger partial charge in [0.2, 0.25) is 5.95 Å². The Morgan fingerprint density at radius 3 is 1.95 bits per heavy atom. The van der Waals surface area contributed by atoms with Crippen molar-refractivity contribution in [1.29, 1.82) is 0 Å². The fourth-order valence-corrected chi connectivity index (χ4v) is 2.24. The highest BCUT2D eigenvalue weighted by molar-refractivity contribution is 5.45. The first kappa shape index (κ1) is 15.7. The molecule has 0 spiro atoms. The molecule has 1 aromatic rings. The Kier molecular flexibility index (Phi) is 6.60. The van der Waals surface area contributed by atoms with Crippen LogP contribution in [0.1, 0.15) is 46.2 Å². The molecule has 0 saturated heterocycles. The van der Waals surface area contributed by atoms with Crippen LogP contribution in [0.5, 0.6) is 0 Å². The fourth-order valence-electron chi connectivity index (χ4n) is 2.24. The van der Waals surface area contributed by atoms with E-state index < -0.39 is 0 Å². The number of anilines is 2. The Hall–Kier alpha value is -1.32. The topological polar surface area (TPSA) is 32.3 Å². The monoisotopic (exact) mass is 264 g/mol. The van der Waals surface area contributed by atoms with Crippen molar-refractivity contribution < 1.29 is 0 Å². The molecule has 0 N–H and O–H groups in total. The van der Waals surface area contributed by atoms with Gasteiger partial charge in [0.25, 0.3) is 0 Å². The summed E-state index contributed by atoms with van der Waals surface area (Å²) < 4.78 is 0. The Labute approximate surface area is 117 Å². The third kappa shape index (κ3) is 4.37. The number of hydrogen-bond acceptors (Lipinski definition) is 4. The van der Waals surface area contributed by atoms with Crippen LogP contribution in [0.15, 0.2) is 6.07 Å². The Balaban J connectivity index is 3.05. The van der Waals surface area contributed by atoms with Crippen molar-refractivity contribution in [2.45, 2.75) is 47.5 Å². The molecule has 1 heterocycles. The van der Waals surface area contributed by atoms with Crippen molar-refractivity contribution in [2.75, 3.05) is 36.0 Å². The highest BCUT2D eigenvalue weighted by Crippen LogP contribution is 2.17. The van der Waals surface area contributed by atoms with Gasteiger partial charge in [-0.1, -0.05) is 13.8 Å². The maximum atomic E-state index is 4.75. The van der Waals surface area contributed by atoms with Crippen LogP contribution in [0, 0.1) is 6.92 Å². The molecule has 19 heavy (non-hydrogen) atoms. The molecule has 0 unspecified atom stereocenters. The molecular formula is C15H28N4. The predicted octanol–water partition coefficient (Wildman–Crippen LogP) is 3.26. The normalized spacial score (nSPS) is 10.6. The molecule has 108 valence electrons. The van der Waals surface area contributed by atoms with Crippen LogP contribution in [0.3, 0.4) is 0 Å². The minimum Gasteiger partial charge on any atom is -0.357 e. The number of aryl methyl sites for hydroxylation is 1. The van der Waals surface area contributed by atoms with E-state index in [9.17, 15) is 0 Å². The summed E-state index contributed by atoms with van der Waals surface area (Å²) in [7, 11) is 0. The molecule has 0 aliphatic heterocycles. The number of rotatable bonds is 8. The van der Waals surface area contributed by atoms with Gasteiger partial charge in [0, 0.05) is 37.9 Å². The summed E-state index contributed by atoms with van der Waals surface area (Å²) in [5.41, 5.74) is 1.05. The summed E-state index contributed by atoms with van der Waals surface area (Å²) in [5.74, 6) is 1.93. The van der Waals surface area contributed by atoms with E-state index in [-0.39, 0.29) is 0 Å². The van der Waals surface area contributed by atoms with Crippen molar-refractivity contribution in [3.63, 3.8) is 0 Å². The minimum atomic E-state index is 0.880. The van der Waals surface area contributed by atoms with E-state index in [0.29, 0.717) is 0 Å². The van der Waals surface area contributed by atoms with Crippen molar-refractivity contribution in [2.24, 2.45) is 0 Å². The second kappa shape index (κ2) is 7.97. The SMILES string of the molecule is CCCN(CCC)c1nc(C)cc(N(CC)CC)n1. The molecule has 0 bridgehead atoms. The van der Waals surface area contributed by atoms with E-state index in [4.69, 9.17) is 4.98 Å². The molecule has 0 aliphatic carbocycles. The molecule has 0 aromatic carbocycles. The van der Waals surface area contributed by atoms with Gasteiger partial charge in [-0.25, -0.2) is 4.98 Å². The average Bonchev–Trinajstić information content (AvgIpc) is 2.39. The van der Waals surface area contributed by atoms with E-state index >= 15 is 0 Å². The van der Waals surface area contributed by atoms with Crippen LogP contribution in [-0.2, 0) is 0 Å². The Bertz CT molecular complexity index is 368. The van der Waals surface area contributed by atoms with Crippen molar-refractivity contribution in [3.8, 4) is 0 Å². The van der Waals surface area contributed by atoms with Gasteiger partial charge in [0.05, 0.1) is 0 Å². The summed E-state index contributed by atoms with van der Waals surface area (Å²) in [6.07, 6.45) is 2.25. The maximum Gasteiger partial charge on any atom is 0.227 e. The molecule has 0 saturated carbocycles. The van der Waals surface area contributed by atoms with Gasteiger partial charge in [-0.15, -0.1) is 0 Å². The minimum absolute atomic E-state index is 0.880. The summed E-state index contributed by atoms with van der Waals surface area (Å²) in [6.45, 7) is 14.8. The second-order valence-corrected chi connectivity index (χ2v) is 4.83. The summed E-state index contributed by atoms with van der Waals surface area (Å²) in [4.78, 5) is 13.9. The van der Waals surface area contributed by atoms with E-state index in [0.717, 1.165) is 56.5 Å². The van der Waals surface area contributed by atoms with Crippen LogP contribution in [0.4, 0.5) is 11.8 Å².